The minimum Gasteiger partial charge on any atom is -0.347 e. The molecule has 24 heavy (non-hydrogen) atoms. The van der Waals surface area contributed by atoms with Gasteiger partial charge < -0.3 is 10.6 Å². The van der Waals surface area contributed by atoms with Gasteiger partial charge in [0, 0.05) is 12.1 Å². The number of aryl methyl sites for hydroxylation is 1. The number of carbonyl (C=O) groups is 2. The smallest absolute Gasteiger partial charge is 0.268 e. The summed E-state index contributed by atoms with van der Waals surface area (Å²) in [6.45, 7) is 5.89. The number of benzene rings is 2. The van der Waals surface area contributed by atoms with Crippen LogP contribution in [0, 0.1) is 6.92 Å². The summed E-state index contributed by atoms with van der Waals surface area (Å²) in [5, 5.41) is 5.36. The van der Waals surface area contributed by atoms with E-state index < -0.39 is 0 Å². The first kappa shape index (κ1) is 17.2. The van der Waals surface area contributed by atoms with E-state index in [1.54, 1.807) is 36.4 Å². The summed E-state index contributed by atoms with van der Waals surface area (Å²) in [4.78, 5) is 24.6. The monoisotopic (exact) mass is 320 g/mol. The minimum absolute atomic E-state index is 0.189. The van der Waals surface area contributed by atoms with Gasteiger partial charge in [0.1, 0.15) is 5.70 Å². The fourth-order valence-electron chi connectivity index (χ4n) is 2.03. The minimum atomic E-state index is -0.361. The van der Waals surface area contributed by atoms with Crippen molar-refractivity contribution in [1.29, 1.82) is 0 Å². The van der Waals surface area contributed by atoms with Crippen molar-refractivity contribution in [1.82, 2.24) is 10.6 Å². The largest absolute Gasteiger partial charge is 0.347 e. The summed E-state index contributed by atoms with van der Waals surface area (Å²) in [6, 6.07) is 16.5. The van der Waals surface area contributed by atoms with Gasteiger partial charge in [0.25, 0.3) is 11.8 Å². The molecule has 2 N–H and O–H groups in total. The first-order chi connectivity index (χ1) is 11.6. The molecule has 0 aromatic heterocycles. The Balaban J connectivity index is 2.25. The molecule has 4 heteroatoms. The van der Waals surface area contributed by atoms with Gasteiger partial charge in [0.15, 0.2) is 0 Å². The Bertz CT molecular complexity index is 747. The number of amides is 2. The molecule has 122 valence electrons. The van der Waals surface area contributed by atoms with E-state index in [0.29, 0.717) is 12.1 Å². The summed E-state index contributed by atoms with van der Waals surface area (Å²) in [5.41, 5.74) is 2.63. The van der Waals surface area contributed by atoms with Gasteiger partial charge in [0.05, 0.1) is 0 Å². The SMILES string of the molecule is C=CCNC(=O)C(=Cc1ccc(C)cc1)NC(=O)c1ccccc1. The number of nitrogens with one attached hydrogen (secondary N) is 2. The van der Waals surface area contributed by atoms with Crippen LogP contribution in [0.25, 0.3) is 6.08 Å². The van der Waals surface area contributed by atoms with Crippen molar-refractivity contribution in [2.45, 2.75) is 6.92 Å². The highest BCUT2D eigenvalue weighted by molar-refractivity contribution is 6.05. The third-order valence-corrected chi connectivity index (χ3v) is 3.32. The van der Waals surface area contributed by atoms with Crippen LogP contribution in [-0.4, -0.2) is 18.4 Å². The van der Waals surface area contributed by atoms with Crippen molar-refractivity contribution in [3.8, 4) is 0 Å². The molecule has 0 aliphatic carbocycles. The van der Waals surface area contributed by atoms with Crippen molar-refractivity contribution >= 4 is 17.9 Å². The third-order valence-electron chi connectivity index (χ3n) is 3.32. The topological polar surface area (TPSA) is 58.2 Å². The zero-order valence-corrected chi connectivity index (χ0v) is 13.6. The van der Waals surface area contributed by atoms with Crippen molar-refractivity contribution in [2.75, 3.05) is 6.54 Å². The zero-order chi connectivity index (χ0) is 17.4. The molecule has 0 aliphatic heterocycles. The van der Waals surface area contributed by atoms with Crippen LogP contribution in [0.1, 0.15) is 21.5 Å². The van der Waals surface area contributed by atoms with E-state index in [9.17, 15) is 9.59 Å². The van der Waals surface area contributed by atoms with Crippen LogP contribution in [0.5, 0.6) is 0 Å². The Kier molecular flexibility index (Phi) is 6.08. The van der Waals surface area contributed by atoms with Crippen LogP contribution in [0.2, 0.25) is 0 Å². The fourth-order valence-corrected chi connectivity index (χ4v) is 2.03. The Hall–Kier alpha value is -3.14. The van der Waals surface area contributed by atoms with E-state index in [0.717, 1.165) is 11.1 Å². The maximum Gasteiger partial charge on any atom is 0.268 e. The highest BCUT2D eigenvalue weighted by atomic mass is 16.2. The lowest BCUT2D eigenvalue weighted by atomic mass is 10.1. The predicted octanol–water partition coefficient (Wildman–Crippen LogP) is 3.07. The molecular weight excluding hydrogens is 300 g/mol. The number of hydrogen-bond donors (Lipinski definition) is 2. The van der Waals surface area contributed by atoms with Gasteiger partial charge >= 0.3 is 0 Å². The first-order valence-corrected chi connectivity index (χ1v) is 7.64. The molecule has 2 aromatic rings. The molecule has 0 aliphatic rings. The Morgan fingerprint density at radius 2 is 1.71 bits per heavy atom. The summed E-state index contributed by atoms with van der Waals surface area (Å²) < 4.78 is 0. The van der Waals surface area contributed by atoms with Crippen LogP contribution in [0.15, 0.2) is 72.9 Å². The quantitative estimate of drug-likeness (QED) is 0.635. The second kappa shape index (κ2) is 8.48. The normalized spacial score (nSPS) is 10.8. The fraction of sp³-hybridized carbons (Fsp3) is 0.100. The lowest BCUT2D eigenvalue weighted by Crippen LogP contribution is -2.34. The average molecular weight is 320 g/mol. The summed E-state index contributed by atoms with van der Waals surface area (Å²) in [5.74, 6) is -0.692. The van der Waals surface area contributed by atoms with Gasteiger partial charge in [-0.05, 0) is 30.7 Å². The average Bonchev–Trinajstić information content (AvgIpc) is 2.61. The van der Waals surface area contributed by atoms with Crippen molar-refractivity contribution in [2.24, 2.45) is 0 Å². The molecule has 0 radical (unpaired) electrons. The Morgan fingerprint density at radius 1 is 1.04 bits per heavy atom. The maximum atomic E-state index is 12.3. The zero-order valence-electron chi connectivity index (χ0n) is 13.6. The molecule has 0 saturated heterocycles. The molecule has 0 bridgehead atoms. The highest BCUT2D eigenvalue weighted by Gasteiger charge is 2.13. The molecule has 2 aromatic carbocycles. The van der Waals surface area contributed by atoms with E-state index in [1.165, 1.54) is 0 Å². The van der Waals surface area contributed by atoms with Crippen LogP contribution >= 0.6 is 0 Å². The van der Waals surface area contributed by atoms with Gasteiger partial charge in [-0.3, -0.25) is 9.59 Å². The predicted molar refractivity (Wildman–Crippen MR) is 96.3 cm³/mol. The van der Waals surface area contributed by atoms with Crippen LogP contribution in [-0.2, 0) is 4.79 Å². The summed E-state index contributed by atoms with van der Waals surface area (Å²) in [7, 11) is 0. The van der Waals surface area contributed by atoms with Gasteiger partial charge in [-0.1, -0.05) is 54.1 Å². The number of hydrogen-bond acceptors (Lipinski definition) is 2. The van der Waals surface area contributed by atoms with E-state index in [-0.39, 0.29) is 17.5 Å². The van der Waals surface area contributed by atoms with Gasteiger partial charge in [0.2, 0.25) is 0 Å². The first-order valence-electron chi connectivity index (χ1n) is 7.64. The Labute approximate surface area is 141 Å². The molecule has 0 unspecified atom stereocenters. The number of carbonyl (C=O) groups excluding carboxylic acids is 2. The van der Waals surface area contributed by atoms with E-state index in [2.05, 4.69) is 17.2 Å². The van der Waals surface area contributed by atoms with Crippen molar-refractivity contribution in [3.05, 3.63) is 89.6 Å². The molecule has 0 heterocycles. The molecule has 0 saturated carbocycles. The summed E-state index contributed by atoms with van der Waals surface area (Å²) in [6.07, 6.45) is 3.24. The van der Waals surface area contributed by atoms with Gasteiger partial charge in [-0.25, -0.2) is 0 Å². The molecule has 4 nitrogen and oxygen atoms in total. The molecule has 0 atom stereocenters. The van der Waals surface area contributed by atoms with E-state index in [4.69, 9.17) is 0 Å². The lowest BCUT2D eigenvalue weighted by Gasteiger charge is -2.10. The lowest BCUT2D eigenvalue weighted by molar-refractivity contribution is -0.117. The molecule has 0 spiro atoms. The number of rotatable bonds is 6. The second-order valence-electron chi connectivity index (χ2n) is 5.29. The second-order valence-corrected chi connectivity index (χ2v) is 5.29. The maximum absolute atomic E-state index is 12.3. The van der Waals surface area contributed by atoms with E-state index in [1.807, 2.05) is 37.3 Å². The molecular formula is C20H20N2O2. The van der Waals surface area contributed by atoms with Crippen LogP contribution in [0.4, 0.5) is 0 Å². The molecule has 2 amide bonds. The Morgan fingerprint density at radius 3 is 2.33 bits per heavy atom. The van der Waals surface area contributed by atoms with E-state index >= 15 is 0 Å². The summed E-state index contributed by atoms with van der Waals surface area (Å²) >= 11 is 0. The molecule has 0 fully saturated rings. The van der Waals surface area contributed by atoms with Gasteiger partial charge in [-0.15, -0.1) is 6.58 Å². The van der Waals surface area contributed by atoms with Crippen LogP contribution in [0.3, 0.4) is 0 Å². The highest BCUT2D eigenvalue weighted by Crippen LogP contribution is 2.09. The standard InChI is InChI=1S/C20H20N2O2/c1-3-13-21-20(24)18(14-16-11-9-15(2)10-12-16)22-19(23)17-7-5-4-6-8-17/h3-12,14H,1,13H2,2H3,(H,21,24)(H,22,23). The molecule has 2 rings (SSSR count). The van der Waals surface area contributed by atoms with Gasteiger partial charge in [-0.2, -0.15) is 0 Å². The van der Waals surface area contributed by atoms with Crippen molar-refractivity contribution in [3.63, 3.8) is 0 Å². The van der Waals surface area contributed by atoms with Crippen molar-refractivity contribution < 1.29 is 9.59 Å². The third kappa shape index (κ3) is 4.95. The van der Waals surface area contributed by atoms with Crippen LogP contribution < -0.4 is 10.6 Å².